The van der Waals surface area contributed by atoms with E-state index >= 15 is 0 Å². The number of rotatable bonds is 6. The fourth-order valence-electron chi connectivity index (χ4n) is 2.75. The Bertz CT molecular complexity index is 952. The number of hydrogen-bond acceptors (Lipinski definition) is 4. The van der Waals surface area contributed by atoms with Gasteiger partial charge < -0.3 is 10.1 Å². The van der Waals surface area contributed by atoms with Gasteiger partial charge in [-0.1, -0.05) is 35.9 Å². The predicted octanol–water partition coefficient (Wildman–Crippen LogP) is 2.69. The van der Waals surface area contributed by atoms with Crippen molar-refractivity contribution in [2.75, 3.05) is 26.3 Å². The van der Waals surface area contributed by atoms with Crippen LogP contribution in [0.4, 0.5) is 0 Å². The number of sulfonamides is 1. The fourth-order valence-corrected chi connectivity index (χ4v) is 4.37. The summed E-state index contributed by atoms with van der Waals surface area (Å²) in [5.74, 6) is -0.245. The fraction of sp³-hybridized carbons (Fsp3) is 0.250. The van der Waals surface area contributed by atoms with Gasteiger partial charge in [0.2, 0.25) is 15.9 Å². The number of nitrogens with zero attached hydrogens (tertiary/aromatic N) is 1. The minimum atomic E-state index is -3.51. The van der Waals surface area contributed by atoms with Gasteiger partial charge in [-0.25, -0.2) is 8.42 Å². The third kappa shape index (κ3) is 5.42. The first-order valence-electron chi connectivity index (χ1n) is 8.83. The average Bonchev–Trinajstić information content (AvgIpc) is 2.72. The maximum Gasteiger partial charge on any atom is 0.244 e. The van der Waals surface area contributed by atoms with E-state index in [1.165, 1.54) is 10.4 Å². The molecule has 3 rings (SSSR count). The van der Waals surface area contributed by atoms with Crippen LogP contribution >= 0.6 is 11.6 Å². The molecule has 1 fully saturated rings. The van der Waals surface area contributed by atoms with Gasteiger partial charge in [0, 0.05) is 30.7 Å². The Hall–Kier alpha value is -2.19. The summed E-state index contributed by atoms with van der Waals surface area (Å²) < 4.78 is 31.8. The van der Waals surface area contributed by atoms with Gasteiger partial charge in [0.15, 0.2) is 0 Å². The molecule has 1 aliphatic heterocycles. The second kappa shape index (κ2) is 9.34. The van der Waals surface area contributed by atoms with E-state index in [1.807, 2.05) is 12.1 Å². The number of nitrogens with one attached hydrogen (secondary N) is 1. The van der Waals surface area contributed by atoms with Crippen LogP contribution in [0.3, 0.4) is 0 Å². The number of morpholine rings is 1. The van der Waals surface area contributed by atoms with E-state index in [1.54, 1.807) is 42.5 Å². The smallest absolute Gasteiger partial charge is 0.244 e. The van der Waals surface area contributed by atoms with Gasteiger partial charge in [0.25, 0.3) is 0 Å². The van der Waals surface area contributed by atoms with Crippen LogP contribution in [0.2, 0.25) is 5.02 Å². The second-order valence-corrected chi connectivity index (χ2v) is 8.64. The standard InChI is InChI=1S/C20H21ClN2O4S/c21-18-3-1-2-17(14-18)15-22-20(24)9-6-16-4-7-19(8-5-16)28(25,26)23-10-12-27-13-11-23/h1-9,14H,10-13,15H2,(H,22,24). The SMILES string of the molecule is O=C(C=Cc1ccc(S(=O)(=O)N2CCOCC2)cc1)NCc1cccc(Cl)c1. The van der Waals surface area contributed by atoms with Crippen molar-refractivity contribution in [1.82, 2.24) is 9.62 Å². The van der Waals surface area contributed by atoms with E-state index < -0.39 is 10.0 Å². The van der Waals surface area contributed by atoms with Crippen LogP contribution in [0.1, 0.15) is 11.1 Å². The molecule has 148 valence electrons. The zero-order valence-corrected chi connectivity index (χ0v) is 16.7. The summed E-state index contributed by atoms with van der Waals surface area (Å²) in [4.78, 5) is 12.2. The third-order valence-electron chi connectivity index (χ3n) is 4.27. The van der Waals surface area contributed by atoms with E-state index in [2.05, 4.69) is 5.32 Å². The lowest BCUT2D eigenvalue weighted by Gasteiger charge is -2.26. The Kier molecular flexibility index (Phi) is 6.85. The molecule has 0 bridgehead atoms. The van der Waals surface area contributed by atoms with Gasteiger partial charge in [-0.05, 0) is 41.5 Å². The molecule has 0 saturated carbocycles. The molecule has 0 spiro atoms. The van der Waals surface area contributed by atoms with Crippen molar-refractivity contribution in [3.63, 3.8) is 0 Å². The molecule has 1 N–H and O–H groups in total. The highest BCUT2D eigenvalue weighted by atomic mass is 35.5. The summed E-state index contributed by atoms with van der Waals surface area (Å²) in [5, 5.41) is 3.40. The van der Waals surface area contributed by atoms with Crippen molar-refractivity contribution < 1.29 is 17.9 Å². The molecular formula is C20H21ClN2O4S. The highest BCUT2D eigenvalue weighted by molar-refractivity contribution is 7.89. The molecular weight excluding hydrogens is 400 g/mol. The first kappa shape index (κ1) is 20.5. The Morgan fingerprint density at radius 1 is 1.14 bits per heavy atom. The molecule has 2 aromatic carbocycles. The van der Waals surface area contributed by atoms with Gasteiger partial charge in [-0.2, -0.15) is 4.31 Å². The number of benzene rings is 2. The number of carbonyl (C=O) groups is 1. The molecule has 2 aromatic rings. The van der Waals surface area contributed by atoms with E-state index in [-0.39, 0.29) is 10.8 Å². The molecule has 28 heavy (non-hydrogen) atoms. The molecule has 0 unspecified atom stereocenters. The number of amides is 1. The van der Waals surface area contributed by atoms with Gasteiger partial charge in [-0.3, -0.25) is 4.79 Å². The number of hydrogen-bond donors (Lipinski definition) is 1. The van der Waals surface area contributed by atoms with E-state index in [0.717, 1.165) is 11.1 Å². The lowest BCUT2D eigenvalue weighted by Crippen LogP contribution is -2.40. The normalized spacial score (nSPS) is 15.6. The van der Waals surface area contributed by atoms with E-state index in [4.69, 9.17) is 16.3 Å². The maximum absolute atomic E-state index is 12.6. The van der Waals surface area contributed by atoms with Crippen molar-refractivity contribution in [1.29, 1.82) is 0 Å². The van der Waals surface area contributed by atoms with Gasteiger partial charge in [0.1, 0.15) is 0 Å². The summed E-state index contributed by atoms with van der Waals surface area (Å²) in [5.41, 5.74) is 1.64. The number of halogens is 1. The van der Waals surface area contributed by atoms with Crippen molar-refractivity contribution in [3.8, 4) is 0 Å². The molecule has 1 heterocycles. The molecule has 0 aliphatic carbocycles. The number of ether oxygens (including phenoxy) is 1. The zero-order valence-electron chi connectivity index (χ0n) is 15.2. The lowest BCUT2D eigenvalue weighted by atomic mass is 10.2. The first-order valence-corrected chi connectivity index (χ1v) is 10.7. The highest BCUT2D eigenvalue weighted by Crippen LogP contribution is 2.18. The molecule has 6 nitrogen and oxygen atoms in total. The van der Waals surface area contributed by atoms with Crippen LogP contribution in [0.25, 0.3) is 6.08 Å². The highest BCUT2D eigenvalue weighted by Gasteiger charge is 2.25. The van der Waals surface area contributed by atoms with Gasteiger partial charge in [-0.15, -0.1) is 0 Å². The van der Waals surface area contributed by atoms with Crippen LogP contribution in [0.15, 0.2) is 59.5 Å². The van der Waals surface area contributed by atoms with Crippen LogP contribution in [0, 0.1) is 0 Å². The molecule has 8 heteroatoms. The largest absolute Gasteiger partial charge is 0.379 e. The first-order chi connectivity index (χ1) is 13.4. The summed E-state index contributed by atoms with van der Waals surface area (Å²) in [6, 6.07) is 13.7. The van der Waals surface area contributed by atoms with Crippen molar-refractivity contribution in [3.05, 3.63) is 70.8 Å². The minimum Gasteiger partial charge on any atom is -0.379 e. The monoisotopic (exact) mass is 420 g/mol. The third-order valence-corrected chi connectivity index (χ3v) is 6.42. The van der Waals surface area contributed by atoms with Crippen molar-refractivity contribution >= 4 is 33.6 Å². The predicted molar refractivity (Wildman–Crippen MR) is 108 cm³/mol. The average molecular weight is 421 g/mol. The van der Waals surface area contributed by atoms with Crippen molar-refractivity contribution in [2.45, 2.75) is 11.4 Å². The summed E-state index contributed by atoms with van der Waals surface area (Å²) >= 11 is 5.92. The molecule has 0 atom stereocenters. The van der Waals surface area contributed by atoms with Gasteiger partial charge >= 0.3 is 0 Å². The van der Waals surface area contributed by atoms with Crippen LogP contribution in [0.5, 0.6) is 0 Å². The Balaban J connectivity index is 1.58. The number of carbonyl (C=O) groups excluding carboxylic acids is 1. The topological polar surface area (TPSA) is 75.7 Å². The molecule has 1 saturated heterocycles. The Morgan fingerprint density at radius 3 is 2.54 bits per heavy atom. The lowest BCUT2D eigenvalue weighted by molar-refractivity contribution is -0.116. The Labute approximate surface area is 169 Å². The van der Waals surface area contributed by atoms with Gasteiger partial charge in [0.05, 0.1) is 18.1 Å². The molecule has 1 amide bonds. The summed E-state index contributed by atoms with van der Waals surface area (Å²) in [6.45, 7) is 1.91. The minimum absolute atomic E-state index is 0.233. The van der Waals surface area contributed by atoms with Crippen molar-refractivity contribution in [2.24, 2.45) is 0 Å². The molecule has 1 aliphatic rings. The van der Waals surface area contributed by atoms with Crippen LogP contribution < -0.4 is 5.32 Å². The summed E-state index contributed by atoms with van der Waals surface area (Å²) in [6.07, 6.45) is 3.05. The Morgan fingerprint density at radius 2 is 1.86 bits per heavy atom. The maximum atomic E-state index is 12.6. The van der Waals surface area contributed by atoms with Crippen LogP contribution in [-0.2, 0) is 26.1 Å². The zero-order chi connectivity index (χ0) is 20.0. The second-order valence-electron chi connectivity index (χ2n) is 6.27. The van der Waals surface area contributed by atoms with E-state index in [9.17, 15) is 13.2 Å². The quantitative estimate of drug-likeness (QED) is 0.729. The summed E-state index contributed by atoms with van der Waals surface area (Å²) in [7, 11) is -3.51. The molecule has 0 radical (unpaired) electrons. The van der Waals surface area contributed by atoms with E-state index in [0.29, 0.717) is 37.9 Å². The molecule has 0 aromatic heterocycles. The van der Waals surface area contributed by atoms with Crippen LogP contribution in [-0.4, -0.2) is 44.9 Å².